The molecular formula is C10H12N4O2S. The summed E-state index contributed by atoms with van der Waals surface area (Å²) in [6.07, 6.45) is 1.56. The number of nitrogens with zero attached hydrogens (tertiary/aromatic N) is 2. The maximum Gasteiger partial charge on any atom is 0.210 e. The monoisotopic (exact) mass is 252 g/mol. The van der Waals surface area contributed by atoms with Crippen molar-refractivity contribution >= 4 is 26.9 Å². The van der Waals surface area contributed by atoms with Gasteiger partial charge in [-0.3, -0.25) is 4.98 Å². The molecule has 0 radical (unpaired) electrons. The fourth-order valence-electron chi connectivity index (χ4n) is 1.36. The van der Waals surface area contributed by atoms with Crippen LogP contribution in [0.2, 0.25) is 0 Å². The van der Waals surface area contributed by atoms with E-state index < -0.39 is 10.0 Å². The number of anilines is 1. The van der Waals surface area contributed by atoms with Gasteiger partial charge in [0.2, 0.25) is 10.0 Å². The highest BCUT2D eigenvalue weighted by molar-refractivity contribution is 7.89. The standard InChI is InChI=1S/C10H12N4O2S/c11-17(15,16)6-5-12-10-7-13-8-3-1-2-4-9(8)14-10/h1-4,7H,5-6H2,(H,12,14)(H2,11,15,16). The molecule has 2 aromatic rings. The van der Waals surface area contributed by atoms with Crippen LogP contribution < -0.4 is 10.5 Å². The Morgan fingerprint density at radius 2 is 1.94 bits per heavy atom. The zero-order chi connectivity index (χ0) is 12.3. The van der Waals surface area contributed by atoms with Gasteiger partial charge in [0.25, 0.3) is 0 Å². The molecule has 6 nitrogen and oxygen atoms in total. The molecule has 2 rings (SSSR count). The van der Waals surface area contributed by atoms with Crippen LogP contribution in [0.5, 0.6) is 0 Å². The zero-order valence-corrected chi connectivity index (χ0v) is 9.81. The lowest BCUT2D eigenvalue weighted by molar-refractivity contribution is 0.598. The molecule has 0 aliphatic heterocycles. The van der Waals surface area contributed by atoms with E-state index in [0.717, 1.165) is 11.0 Å². The Balaban J connectivity index is 2.09. The highest BCUT2D eigenvalue weighted by Crippen LogP contribution is 2.10. The van der Waals surface area contributed by atoms with Crippen LogP contribution in [0.25, 0.3) is 11.0 Å². The third-order valence-electron chi connectivity index (χ3n) is 2.14. The molecule has 0 atom stereocenters. The second-order valence-corrected chi connectivity index (χ2v) is 5.27. The summed E-state index contributed by atoms with van der Waals surface area (Å²) in [5, 5.41) is 7.75. The van der Waals surface area contributed by atoms with Gasteiger partial charge in [0.1, 0.15) is 5.82 Å². The smallest absolute Gasteiger partial charge is 0.210 e. The maximum absolute atomic E-state index is 10.7. The molecule has 0 amide bonds. The summed E-state index contributed by atoms with van der Waals surface area (Å²) in [6, 6.07) is 7.44. The van der Waals surface area contributed by atoms with E-state index in [9.17, 15) is 8.42 Å². The molecule has 0 bridgehead atoms. The van der Waals surface area contributed by atoms with E-state index in [4.69, 9.17) is 5.14 Å². The van der Waals surface area contributed by atoms with Crippen LogP contribution in [0.3, 0.4) is 0 Å². The van der Waals surface area contributed by atoms with E-state index in [1.807, 2.05) is 24.3 Å². The van der Waals surface area contributed by atoms with Crippen molar-refractivity contribution in [3.63, 3.8) is 0 Å². The predicted molar refractivity (Wildman–Crippen MR) is 66.0 cm³/mol. The van der Waals surface area contributed by atoms with Crippen LogP contribution in [-0.2, 0) is 10.0 Å². The number of hydrogen-bond donors (Lipinski definition) is 2. The molecule has 1 aromatic carbocycles. The van der Waals surface area contributed by atoms with E-state index in [0.29, 0.717) is 5.82 Å². The number of nitrogens with one attached hydrogen (secondary N) is 1. The SMILES string of the molecule is NS(=O)(=O)CCNc1cnc2ccccc2n1. The van der Waals surface area contributed by atoms with Crippen LogP contribution in [0.15, 0.2) is 30.5 Å². The van der Waals surface area contributed by atoms with Crippen molar-refractivity contribution < 1.29 is 8.42 Å². The normalized spacial score (nSPS) is 11.6. The first kappa shape index (κ1) is 11.7. The highest BCUT2D eigenvalue weighted by Gasteiger charge is 2.03. The van der Waals surface area contributed by atoms with Gasteiger partial charge < -0.3 is 5.32 Å². The van der Waals surface area contributed by atoms with Gasteiger partial charge in [-0.25, -0.2) is 18.5 Å². The van der Waals surface area contributed by atoms with Gasteiger partial charge in [0.15, 0.2) is 0 Å². The maximum atomic E-state index is 10.7. The van der Waals surface area contributed by atoms with Crippen molar-refractivity contribution in [2.24, 2.45) is 5.14 Å². The van der Waals surface area contributed by atoms with Crippen molar-refractivity contribution in [3.8, 4) is 0 Å². The van der Waals surface area contributed by atoms with Gasteiger partial charge in [0.05, 0.1) is 23.0 Å². The van der Waals surface area contributed by atoms with Gasteiger partial charge in [-0.15, -0.1) is 0 Å². The average molecular weight is 252 g/mol. The lowest BCUT2D eigenvalue weighted by atomic mass is 10.3. The second-order valence-electron chi connectivity index (χ2n) is 3.54. The highest BCUT2D eigenvalue weighted by atomic mass is 32.2. The third kappa shape index (κ3) is 3.36. The largest absolute Gasteiger partial charge is 0.368 e. The number of hydrogen-bond acceptors (Lipinski definition) is 5. The lowest BCUT2D eigenvalue weighted by Crippen LogP contribution is -2.22. The molecule has 0 aliphatic carbocycles. The Morgan fingerprint density at radius 3 is 2.65 bits per heavy atom. The zero-order valence-electron chi connectivity index (χ0n) is 9.00. The van der Waals surface area contributed by atoms with E-state index in [1.54, 1.807) is 6.20 Å². The predicted octanol–water partition coefficient (Wildman–Crippen LogP) is 0.330. The summed E-state index contributed by atoms with van der Waals surface area (Å²) in [5.74, 6) is 0.397. The first-order valence-electron chi connectivity index (χ1n) is 5.01. The average Bonchev–Trinajstić information content (AvgIpc) is 2.27. The number of benzene rings is 1. The van der Waals surface area contributed by atoms with Gasteiger partial charge in [-0.05, 0) is 12.1 Å². The topological polar surface area (TPSA) is 98.0 Å². The van der Waals surface area contributed by atoms with E-state index >= 15 is 0 Å². The first-order valence-corrected chi connectivity index (χ1v) is 6.72. The summed E-state index contributed by atoms with van der Waals surface area (Å²) in [4.78, 5) is 8.48. The van der Waals surface area contributed by atoms with Gasteiger partial charge >= 0.3 is 0 Å². The van der Waals surface area contributed by atoms with Crippen LogP contribution in [0, 0.1) is 0 Å². The minimum Gasteiger partial charge on any atom is -0.368 e. The summed E-state index contributed by atoms with van der Waals surface area (Å²) in [5.41, 5.74) is 1.55. The Morgan fingerprint density at radius 1 is 1.24 bits per heavy atom. The molecule has 7 heteroatoms. The summed E-state index contributed by atoms with van der Waals surface area (Å²) < 4.78 is 21.5. The summed E-state index contributed by atoms with van der Waals surface area (Å²) in [7, 11) is -3.45. The number of nitrogens with two attached hydrogens (primary N) is 1. The number of para-hydroxylation sites is 2. The van der Waals surface area contributed by atoms with Crippen LogP contribution in [-0.4, -0.2) is 30.7 Å². The fourth-order valence-corrected chi connectivity index (χ4v) is 1.75. The van der Waals surface area contributed by atoms with Crippen LogP contribution in [0.4, 0.5) is 5.82 Å². The summed E-state index contributed by atoms with van der Waals surface area (Å²) in [6.45, 7) is 0.214. The van der Waals surface area contributed by atoms with Gasteiger partial charge in [0, 0.05) is 6.54 Å². The summed E-state index contributed by atoms with van der Waals surface area (Å²) >= 11 is 0. The van der Waals surface area contributed by atoms with Crippen molar-refractivity contribution in [1.29, 1.82) is 0 Å². The molecule has 0 saturated carbocycles. The third-order valence-corrected chi connectivity index (χ3v) is 2.91. The molecule has 1 heterocycles. The van der Waals surface area contributed by atoms with Crippen molar-refractivity contribution in [3.05, 3.63) is 30.5 Å². The molecular weight excluding hydrogens is 240 g/mol. The Labute approximate surface area is 98.9 Å². The minimum atomic E-state index is -3.45. The second kappa shape index (κ2) is 4.64. The molecule has 0 saturated heterocycles. The van der Waals surface area contributed by atoms with Crippen LogP contribution in [0.1, 0.15) is 0 Å². The van der Waals surface area contributed by atoms with Crippen molar-refractivity contribution in [2.45, 2.75) is 0 Å². The quantitative estimate of drug-likeness (QED) is 0.817. The van der Waals surface area contributed by atoms with Gasteiger partial charge in [-0.2, -0.15) is 0 Å². The van der Waals surface area contributed by atoms with Gasteiger partial charge in [-0.1, -0.05) is 12.1 Å². The molecule has 3 N–H and O–H groups in total. The number of rotatable bonds is 4. The molecule has 0 aliphatic rings. The van der Waals surface area contributed by atoms with Crippen molar-refractivity contribution in [2.75, 3.05) is 17.6 Å². The lowest BCUT2D eigenvalue weighted by Gasteiger charge is -2.04. The molecule has 0 spiro atoms. The number of fused-ring (bicyclic) bond motifs is 1. The fraction of sp³-hybridized carbons (Fsp3) is 0.200. The molecule has 1 aromatic heterocycles. The van der Waals surface area contributed by atoms with Crippen molar-refractivity contribution in [1.82, 2.24) is 9.97 Å². The Bertz CT molecular complexity index is 627. The Hall–Kier alpha value is -1.73. The van der Waals surface area contributed by atoms with E-state index in [1.165, 1.54) is 0 Å². The number of primary sulfonamides is 1. The number of sulfonamides is 1. The molecule has 90 valence electrons. The van der Waals surface area contributed by atoms with Crippen LogP contribution >= 0.6 is 0 Å². The molecule has 0 fully saturated rings. The van der Waals surface area contributed by atoms with E-state index in [2.05, 4.69) is 15.3 Å². The molecule has 17 heavy (non-hydrogen) atoms. The Kier molecular flexibility index (Phi) is 3.21. The minimum absolute atomic E-state index is 0.137. The number of aromatic nitrogens is 2. The van der Waals surface area contributed by atoms with E-state index in [-0.39, 0.29) is 12.3 Å². The first-order chi connectivity index (χ1) is 8.04. The molecule has 0 unspecified atom stereocenters.